The summed E-state index contributed by atoms with van der Waals surface area (Å²) in [5.41, 5.74) is 3.57. The quantitative estimate of drug-likeness (QED) is 0.536. The Kier molecular flexibility index (Phi) is 7.54. The molecule has 2 atom stereocenters. The standard InChI is InChI=1S/C26H36N2O2/c1-26(2)18-21(15-17-30-26)23(24-8-6-7-9-25(24)29-5)14-16-27-19-20-10-12-22(13-11-20)28(3)4/h6-13,19,21,23H,14-18H2,1-5H3/t21-,23-/m0/s1. The predicted octanol–water partition coefficient (Wildman–Crippen LogP) is 5.56. The maximum Gasteiger partial charge on any atom is 0.122 e. The summed E-state index contributed by atoms with van der Waals surface area (Å²) in [4.78, 5) is 6.86. The highest BCUT2D eigenvalue weighted by Gasteiger charge is 2.34. The molecule has 0 amide bonds. The molecule has 0 aromatic heterocycles. The van der Waals surface area contributed by atoms with Crippen LogP contribution >= 0.6 is 0 Å². The first-order valence-corrected chi connectivity index (χ1v) is 10.9. The fraction of sp³-hybridized carbons (Fsp3) is 0.500. The fourth-order valence-electron chi connectivity index (χ4n) is 4.48. The Morgan fingerprint density at radius 1 is 1.17 bits per heavy atom. The molecule has 0 unspecified atom stereocenters. The molecule has 3 rings (SSSR count). The van der Waals surface area contributed by atoms with Crippen LogP contribution in [0.3, 0.4) is 0 Å². The number of nitrogens with zero attached hydrogens (tertiary/aromatic N) is 2. The van der Waals surface area contributed by atoms with Crippen molar-refractivity contribution in [2.24, 2.45) is 10.9 Å². The Balaban J connectivity index is 1.72. The topological polar surface area (TPSA) is 34.1 Å². The minimum absolute atomic E-state index is 0.0688. The molecule has 0 saturated carbocycles. The maximum absolute atomic E-state index is 5.98. The van der Waals surface area contributed by atoms with Crippen molar-refractivity contribution in [3.8, 4) is 5.75 Å². The van der Waals surface area contributed by atoms with Crippen LogP contribution in [0.15, 0.2) is 53.5 Å². The van der Waals surface area contributed by atoms with E-state index in [1.807, 2.05) is 12.3 Å². The average Bonchev–Trinajstić information content (AvgIpc) is 2.73. The lowest BCUT2D eigenvalue weighted by molar-refractivity contribution is -0.0771. The van der Waals surface area contributed by atoms with Crippen molar-refractivity contribution < 1.29 is 9.47 Å². The van der Waals surface area contributed by atoms with E-state index in [1.54, 1.807) is 7.11 Å². The van der Waals surface area contributed by atoms with E-state index < -0.39 is 0 Å². The molecule has 0 bridgehead atoms. The Morgan fingerprint density at radius 3 is 2.57 bits per heavy atom. The highest BCUT2D eigenvalue weighted by molar-refractivity contribution is 5.80. The van der Waals surface area contributed by atoms with E-state index >= 15 is 0 Å². The van der Waals surface area contributed by atoms with Gasteiger partial charge in [0.1, 0.15) is 5.75 Å². The number of hydrogen-bond donors (Lipinski definition) is 0. The summed E-state index contributed by atoms with van der Waals surface area (Å²) in [6, 6.07) is 17.0. The molecule has 1 fully saturated rings. The molecule has 0 spiro atoms. The molecule has 1 aliphatic heterocycles. The van der Waals surface area contributed by atoms with Crippen LogP contribution in [-0.2, 0) is 4.74 Å². The zero-order valence-corrected chi connectivity index (χ0v) is 19.1. The summed E-state index contributed by atoms with van der Waals surface area (Å²) < 4.78 is 11.7. The Morgan fingerprint density at radius 2 is 1.90 bits per heavy atom. The van der Waals surface area contributed by atoms with E-state index in [1.165, 1.54) is 11.3 Å². The third kappa shape index (κ3) is 5.85. The minimum Gasteiger partial charge on any atom is -0.496 e. The largest absolute Gasteiger partial charge is 0.496 e. The molecule has 1 heterocycles. The summed E-state index contributed by atoms with van der Waals surface area (Å²) in [6.45, 7) is 6.03. The van der Waals surface area contributed by atoms with Gasteiger partial charge >= 0.3 is 0 Å². The van der Waals surface area contributed by atoms with E-state index in [0.717, 1.165) is 43.7 Å². The Hall–Kier alpha value is -2.33. The molecule has 0 radical (unpaired) electrons. The zero-order valence-electron chi connectivity index (χ0n) is 19.1. The van der Waals surface area contributed by atoms with E-state index in [2.05, 4.69) is 75.3 Å². The molecule has 2 aromatic carbocycles. The van der Waals surface area contributed by atoms with Crippen molar-refractivity contribution in [1.82, 2.24) is 0 Å². The molecule has 30 heavy (non-hydrogen) atoms. The lowest BCUT2D eigenvalue weighted by Gasteiger charge is -2.39. The zero-order chi connectivity index (χ0) is 21.6. The van der Waals surface area contributed by atoms with Gasteiger partial charge in [0.2, 0.25) is 0 Å². The number of methoxy groups -OCH3 is 1. The van der Waals surface area contributed by atoms with Crippen LogP contribution < -0.4 is 9.64 Å². The molecule has 4 heteroatoms. The average molecular weight is 409 g/mol. The molecule has 0 N–H and O–H groups in total. The normalized spacial score (nSPS) is 19.6. The van der Waals surface area contributed by atoms with E-state index in [-0.39, 0.29) is 5.60 Å². The third-order valence-corrected chi connectivity index (χ3v) is 6.06. The Bertz CT molecular complexity index is 827. The highest BCUT2D eigenvalue weighted by atomic mass is 16.5. The summed E-state index contributed by atoms with van der Waals surface area (Å²) in [6.07, 6.45) is 5.15. The van der Waals surface area contributed by atoms with Gasteiger partial charge in [0.15, 0.2) is 0 Å². The lowest BCUT2D eigenvalue weighted by Crippen LogP contribution is -2.36. The smallest absolute Gasteiger partial charge is 0.122 e. The van der Waals surface area contributed by atoms with Crippen molar-refractivity contribution in [2.75, 3.05) is 39.3 Å². The molecule has 0 aliphatic carbocycles. The van der Waals surface area contributed by atoms with Gasteiger partial charge < -0.3 is 14.4 Å². The van der Waals surface area contributed by atoms with Crippen molar-refractivity contribution in [2.45, 2.75) is 44.6 Å². The van der Waals surface area contributed by atoms with Crippen LogP contribution in [-0.4, -0.2) is 46.2 Å². The second kappa shape index (κ2) is 10.1. The van der Waals surface area contributed by atoms with Crippen LogP contribution in [0, 0.1) is 5.92 Å². The van der Waals surface area contributed by atoms with Crippen molar-refractivity contribution in [3.63, 3.8) is 0 Å². The Labute approximate surface area is 181 Å². The summed E-state index contributed by atoms with van der Waals surface area (Å²) in [7, 11) is 5.87. The van der Waals surface area contributed by atoms with E-state index in [9.17, 15) is 0 Å². The number of rotatable bonds is 8. The second-order valence-corrected chi connectivity index (χ2v) is 9.02. The van der Waals surface area contributed by atoms with Gasteiger partial charge in [-0.2, -0.15) is 0 Å². The first-order chi connectivity index (χ1) is 14.4. The number of para-hydroxylation sites is 1. The minimum atomic E-state index is -0.0688. The van der Waals surface area contributed by atoms with Gasteiger partial charge in [-0.05, 0) is 74.3 Å². The van der Waals surface area contributed by atoms with Crippen LogP contribution in [0.2, 0.25) is 0 Å². The monoisotopic (exact) mass is 408 g/mol. The summed E-state index contributed by atoms with van der Waals surface area (Å²) >= 11 is 0. The van der Waals surface area contributed by atoms with Crippen LogP contribution in [0.25, 0.3) is 0 Å². The lowest BCUT2D eigenvalue weighted by atomic mass is 9.75. The molecular weight excluding hydrogens is 372 g/mol. The maximum atomic E-state index is 5.98. The SMILES string of the molecule is COc1ccccc1[C@@H](CCN=Cc1ccc(N(C)C)cc1)[C@H]1CCOC(C)(C)C1. The van der Waals surface area contributed by atoms with Gasteiger partial charge in [-0.15, -0.1) is 0 Å². The molecule has 4 nitrogen and oxygen atoms in total. The number of anilines is 1. The molecule has 1 aliphatic rings. The van der Waals surface area contributed by atoms with Gasteiger partial charge in [0.05, 0.1) is 12.7 Å². The third-order valence-electron chi connectivity index (χ3n) is 6.06. The number of ether oxygens (including phenoxy) is 2. The van der Waals surface area contributed by atoms with Gasteiger partial charge in [-0.1, -0.05) is 30.3 Å². The van der Waals surface area contributed by atoms with E-state index in [0.29, 0.717) is 11.8 Å². The van der Waals surface area contributed by atoms with Gasteiger partial charge in [0.25, 0.3) is 0 Å². The van der Waals surface area contributed by atoms with Crippen LogP contribution in [0.5, 0.6) is 5.75 Å². The van der Waals surface area contributed by atoms with Gasteiger partial charge in [-0.25, -0.2) is 0 Å². The number of benzene rings is 2. The van der Waals surface area contributed by atoms with Crippen molar-refractivity contribution in [3.05, 3.63) is 59.7 Å². The molecule has 162 valence electrons. The van der Waals surface area contributed by atoms with Crippen LogP contribution in [0.1, 0.15) is 50.2 Å². The summed E-state index contributed by atoms with van der Waals surface area (Å²) in [5.74, 6) is 1.97. The summed E-state index contributed by atoms with van der Waals surface area (Å²) in [5, 5.41) is 0. The molecular formula is C26H36N2O2. The van der Waals surface area contributed by atoms with Crippen LogP contribution in [0.4, 0.5) is 5.69 Å². The van der Waals surface area contributed by atoms with Crippen molar-refractivity contribution >= 4 is 11.9 Å². The number of aliphatic imine (C=N–C) groups is 1. The fourth-order valence-corrected chi connectivity index (χ4v) is 4.48. The van der Waals surface area contributed by atoms with Crippen molar-refractivity contribution in [1.29, 1.82) is 0 Å². The first-order valence-electron chi connectivity index (χ1n) is 10.9. The predicted molar refractivity (Wildman–Crippen MR) is 126 cm³/mol. The second-order valence-electron chi connectivity index (χ2n) is 9.02. The van der Waals surface area contributed by atoms with Gasteiger partial charge in [0, 0.05) is 39.1 Å². The first kappa shape index (κ1) is 22.4. The van der Waals surface area contributed by atoms with E-state index in [4.69, 9.17) is 14.5 Å². The highest BCUT2D eigenvalue weighted by Crippen LogP contribution is 2.42. The molecule has 2 aromatic rings. The number of hydrogen-bond acceptors (Lipinski definition) is 4. The van der Waals surface area contributed by atoms with Gasteiger partial charge in [-0.3, -0.25) is 4.99 Å². The molecule has 1 saturated heterocycles.